The number of carboxylic acids is 1. The molecule has 7 nitrogen and oxygen atoms in total. The van der Waals surface area contributed by atoms with Crippen LogP contribution in [-0.2, 0) is 14.6 Å². The number of urea groups is 1. The fraction of sp³-hybridized carbons (Fsp3) is 0.846. The summed E-state index contributed by atoms with van der Waals surface area (Å²) >= 11 is 0. The number of carbonyl (C=O) groups excluding carboxylic acids is 1. The lowest BCUT2D eigenvalue weighted by molar-refractivity contribution is -0.138. The van der Waals surface area contributed by atoms with Crippen molar-refractivity contribution >= 4 is 21.8 Å². The molecule has 2 saturated heterocycles. The Labute approximate surface area is 124 Å². The Morgan fingerprint density at radius 1 is 1.38 bits per heavy atom. The quantitative estimate of drug-likeness (QED) is 0.793. The van der Waals surface area contributed by atoms with Crippen LogP contribution in [0.3, 0.4) is 0 Å². The Bertz CT molecular complexity index is 533. The SMILES string of the molecule is CC1(NC(=O)N2CCCCC2CC(=O)O)CCS(=O)(=O)C1. The highest BCUT2D eigenvalue weighted by Gasteiger charge is 2.41. The van der Waals surface area contributed by atoms with Gasteiger partial charge in [-0.25, -0.2) is 13.2 Å². The number of sulfone groups is 1. The average Bonchev–Trinajstić information content (AvgIpc) is 2.63. The monoisotopic (exact) mass is 318 g/mol. The van der Waals surface area contributed by atoms with Gasteiger partial charge < -0.3 is 15.3 Å². The van der Waals surface area contributed by atoms with Gasteiger partial charge in [-0.15, -0.1) is 0 Å². The van der Waals surface area contributed by atoms with Crippen LogP contribution in [0.5, 0.6) is 0 Å². The molecule has 0 saturated carbocycles. The third-order valence-electron chi connectivity index (χ3n) is 4.21. The van der Waals surface area contributed by atoms with Crippen molar-refractivity contribution in [3.05, 3.63) is 0 Å². The van der Waals surface area contributed by atoms with Crippen molar-refractivity contribution in [3.63, 3.8) is 0 Å². The molecule has 2 unspecified atom stereocenters. The lowest BCUT2D eigenvalue weighted by Crippen LogP contribution is -2.56. The maximum absolute atomic E-state index is 12.4. The molecule has 0 aromatic heterocycles. The summed E-state index contributed by atoms with van der Waals surface area (Å²) in [5.41, 5.74) is -0.749. The van der Waals surface area contributed by atoms with Gasteiger partial charge in [0.25, 0.3) is 0 Å². The van der Waals surface area contributed by atoms with Crippen molar-refractivity contribution in [2.75, 3.05) is 18.1 Å². The summed E-state index contributed by atoms with van der Waals surface area (Å²) in [5, 5.41) is 11.7. The molecule has 0 spiro atoms. The minimum Gasteiger partial charge on any atom is -0.481 e. The highest BCUT2D eigenvalue weighted by atomic mass is 32.2. The van der Waals surface area contributed by atoms with Crippen molar-refractivity contribution in [2.45, 2.75) is 50.6 Å². The molecule has 0 radical (unpaired) electrons. The van der Waals surface area contributed by atoms with Crippen molar-refractivity contribution < 1.29 is 23.1 Å². The van der Waals surface area contributed by atoms with Crippen LogP contribution in [0.2, 0.25) is 0 Å². The summed E-state index contributed by atoms with van der Waals surface area (Å²) in [5.74, 6) is -0.889. The number of likely N-dealkylation sites (tertiary alicyclic amines) is 1. The number of piperidine rings is 1. The summed E-state index contributed by atoms with van der Waals surface area (Å²) in [7, 11) is -3.09. The third kappa shape index (κ3) is 4.09. The van der Waals surface area contributed by atoms with Gasteiger partial charge in [0, 0.05) is 12.6 Å². The average molecular weight is 318 g/mol. The van der Waals surface area contributed by atoms with Crippen LogP contribution >= 0.6 is 0 Å². The molecule has 2 fully saturated rings. The Kier molecular flexibility index (Phi) is 4.46. The molecule has 8 heteroatoms. The number of carboxylic acid groups (broad SMARTS) is 1. The first-order chi connectivity index (χ1) is 9.71. The zero-order chi connectivity index (χ0) is 15.7. The van der Waals surface area contributed by atoms with Crippen molar-refractivity contribution in [1.82, 2.24) is 10.2 Å². The molecule has 2 aliphatic rings. The van der Waals surface area contributed by atoms with E-state index in [-0.39, 0.29) is 30.0 Å². The normalized spacial score (nSPS) is 31.9. The van der Waals surface area contributed by atoms with Gasteiger partial charge in [-0.1, -0.05) is 0 Å². The highest BCUT2D eigenvalue weighted by molar-refractivity contribution is 7.91. The second-order valence-corrected chi connectivity index (χ2v) is 8.46. The third-order valence-corrected chi connectivity index (χ3v) is 6.11. The summed E-state index contributed by atoms with van der Waals surface area (Å²) in [4.78, 5) is 24.8. The number of rotatable bonds is 3. The zero-order valence-electron chi connectivity index (χ0n) is 12.2. The van der Waals surface area contributed by atoms with Crippen LogP contribution in [0.15, 0.2) is 0 Å². The maximum Gasteiger partial charge on any atom is 0.318 e. The first kappa shape index (κ1) is 16.1. The van der Waals surface area contributed by atoms with Crippen LogP contribution < -0.4 is 5.32 Å². The fourth-order valence-corrected chi connectivity index (χ4v) is 5.21. The molecule has 0 bridgehead atoms. The van der Waals surface area contributed by atoms with Gasteiger partial charge in [0.2, 0.25) is 0 Å². The summed E-state index contributed by atoms with van der Waals surface area (Å²) in [6, 6.07) is -0.654. The van der Waals surface area contributed by atoms with Crippen LogP contribution in [0.4, 0.5) is 4.79 Å². The van der Waals surface area contributed by atoms with Crippen LogP contribution in [-0.4, -0.2) is 60.1 Å². The van der Waals surface area contributed by atoms with Gasteiger partial charge in [-0.05, 0) is 32.6 Å². The molecule has 2 rings (SSSR count). The lowest BCUT2D eigenvalue weighted by atomic mass is 9.99. The Hall–Kier alpha value is -1.31. The molecule has 2 N–H and O–H groups in total. The second-order valence-electron chi connectivity index (χ2n) is 6.27. The van der Waals surface area contributed by atoms with E-state index in [9.17, 15) is 18.0 Å². The van der Waals surface area contributed by atoms with Gasteiger partial charge in [-0.2, -0.15) is 0 Å². The number of hydrogen-bond acceptors (Lipinski definition) is 4. The summed E-state index contributed by atoms with van der Waals surface area (Å²) < 4.78 is 23.1. The topological polar surface area (TPSA) is 104 Å². The summed E-state index contributed by atoms with van der Waals surface area (Å²) in [6.45, 7) is 2.25. The van der Waals surface area contributed by atoms with E-state index >= 15 is 0 Å². The van der Waals surface area contributed by atoms with E-state index in [0.717, 1.165) is 12.8 Å². The number of carbonyl (C=O) groups is 2. The maximum atomic E-state index is 12.4. The van der Waals surface area contributed by atoms with Crippen molar-refractivity contribution in [3.8, 4) is 0 Å². The van der Waals surface area contributed by atoms with Crippen LogP contribution in [0.1, 0.15) is 39.0 Å². The van der Waals surface area contributed by atoms with E-state index in [1.807, 2.05) is 0 Å². The van der Waals surface area contributed by atoms with E-state index in [1.165, 1.54) is 0 Å². The molecule has 21 heavy (non-hydrogen) atoms. The molecule has 2 amide bonds. The lowest BCUT2D eigenvalue weighted by Gasteiger charge is -2.37. The molecule has 2 heterocycles. The van der Waals surface area contributed by atoms with Gasteiger partial charge in [0.15, 0.2) is 9.84 Å². The molecule has 0 aliphatic carbocycles. The van der Waals surface area contributed by atoms with E-state index in [1.54, 1.807) is 11.8 Å². The number of hydrogen-bond donors (Lipinski definition) is 2. The molecular formula is C13H22N2O5S. The molecule has 120 valence electrons. The summed E-state index contributed by atoms with van der Waals surface area (Å²) in [6.07, 6.45) is 2.77. The highest BCUT2D eigenvalue weighted by Crippen LogP contribution is 2.25. The molecule has 2 atom stereocenters. The number of aliphatic carboxylic acids is 1. The molecular weight excluding hydrogens is 296 g/mol. The second kappa shape index (κ2) is 5.82. The van der Waals surface area contributed by atoms with Gasteiger partial charge in [-0.3, -0.25) is 4.79 Å². The van der Waals surface area contributed by atoms with Crippen LogP contribution in [0, 0.1) is 0 Å². The largest absolute Gasteiger partial charge is 0.481 e. The van der Waals surface area contributed by atoms with Crippen molar-refractivity contribution in [2.24, 2.45) is 0 Å². The van der Waals surface area contributed by atoms with E-state index < -0.39 is 21.3 Å². The Balaban J connectivity index is 2.02. The smallest absolute Gasteiger partial charge is 0.318 e. The van der Waals surface area contributed by atoms with Gasteiger partial charge >= 0.3 is 12.0 Å². The molecule has 2 aliphatic heterocycles. The first-order valence-corrected chi connectivity index (χ1v) is 9.04. The van der Waals surface area contributed by atoms with Gasteiger partial charge in [0.1, 0.15) is 0 Å². The van der Waals surface area contributed by atoms with E-state index in [2.05, 4.69) is 5.32 Å². The minimum atomic E-state index is -3.09. The predicted molar refractivity (Wildman–Crippen MR) is 76.8 cm³/mol. The number of amides is 2. The van der Waals surface area contributed by atoms with E-state index in [4.69, 9.17) is 5.11 Å². The van der Waals surface area contributed by atoms with E-state index in [0.29, 0.717) is 19.4 Å². The van der Waals surface area contributed by atoms with Crippen LogP contribution in [0.25, 0.3) is 0 Å². The molecule has 0 aromatic carbocycles. The minimum absolute atomic E-state index is 0.0524. The van der Waals surface area contributed by atoms with Gasteiger partial charge in [0.05, 0.1) is 23.5 Å². The van der Waals surface area contributed by atoms with Crippen molar-refractivity contribution in [1.29, 1.82) is 0 Å². The standard InChI is InChI=1S/C13H22N2O5S/c1-13(5-7-21(19,20)9-13)14-12(18)15-6-3-2-4-10(15)8-11(16)17/h10H,2-9H2,1H3,(H,14,18)(H,16,17). The number of nitrogens with one attached hydrogen (secondary N) is 1. The molecule has 0 aromatic rings. The fourth-order valence-electron chi connectivity index (χ4n) is 3.12. The zero-order valence-corrected chi connectivity index (χ0v) is 13.0. The predicted octanol–water partition coefficient (Wildman–Crippen LogP) is 0.602. The first-order valence-electron chi connectivity index (χ1n) is 7.22. The Morgan fingerprint density at radius 3 is 2.67 bits per heavy atom. The number of nitrogens with zero attached hydrogens (tertiary/aromatic N) is 1. The Morgan fingerprint density at radius 2 is 2.10 bits per heavy atom.